The van der Waals surface area contributed by atoms with Crippen LogP contribution in [0.4, 0.5) is 5.69 Å². The first-order chi connectivity index (χ1) is 17.6. The number of anilines is 1. The van der Waals surface area contributed by atoms with Crippen molar-refractivity contribution in [1.82, 2.24) is 19.6 Å². The molecule has 2 aliphatic rings. The van der Waals surface area contributed by atoms with Crippen LogP contribution >= 0.6 is 0 Å². The number of carbonyl (C=O) groups excluding carboxylic acids is 2. The van der Waals surface area contributed by atoms with Crippen molar-refractivity contribution in [3.63, 3.8) is 0 Å². The van der Waals surface area contributed by atoms with Gasteiger partial charge in [0, 0.05) is 81.3 Å². The van der Waals surface area contributed by atoms with Gasteiger partial charge in [0.1, 0.15) is 5.84 Å². The minimum absolute atomic E-state index is 0.0242. The molecule has 0 spiro atoms. The van der Waals surface area contributed by atoms with Crippen molar-refractivity contribution in [3.05, 3.63) is 64.2 Å². The van der Waals surface area contributed by atoms with Crippen molar-refractivity contribution in [2.45, 2.75) is 13.5 Å². The second kappa shape index (κ2) is 10.9. The predicted octanol–water partition coefficient (Wildman–Crippen LogP) is 0.471. The molecular formula is C26H35N9O2. The van der Waals surface area contributed by atoms with E-state index in [2.05, 4.69) is 4.90 Å². The fourth-order valence-corrected chi connectivity index (χ4v) is 4.91. The van der Waals surface area contributed by atoms with Gasteiger partial charge in [-0.3, -0.25) is 25.3 Å². The van der Waals surface area contributed by atoms with Gasteiger partial charge in [0.25, 0.3) is 11.8 Å². The van der Waals surface area contributed by atoms with Crippen LogP contribution in [0.15, 0.2) is 36.4 Å². The number of hydrogen-bond donors (Lipinski definition) is 5. The molecular weight excluding hydrogens is 470 g/mol. The normalized spacial score (nSPS) is 16.5. The summed E-state index contributed by atoms with van der Waals surface area (Å²) in [6.07, 6.45) is 0. The third kappa shape index (κ3) is 6.00. The van der Waals surface area contributed by atoms with E-state index in [-0.39, 0.29) is 23.6 Å². The largest absolute Gasteiger partial charge is 0.399 e. The number of carbonyl (C=O) groups is 2. The summed E-state index contributed by atoms with van der Waals surface area (Å²) in [6, 6.07) is 10.6. The number of nitrogen functional groups attached to an aromatic ring is 2. The van der Waals surface area contributed by atoms with Gasteiger partial charge in [-0.05, 0) is 48.4 Å². The Hall–Kier alpha value is -4.12. The number of rotatable bonds is 5. The fourth-order valence-electron chi connectivity index (χ4n) is 4.91. The van der Waals surface area contributed by atoms with E-state index in [9.17, 15) is 9.59 Å². The number of amidine groups is 1. The van der Waals surface area contributed by atoms with Crippen molar-refractivity contribution in [2.75, 3.05) is 58.1 Å². The fraction of sp³-hybridized carbons (Fsp3) is 0.385. The molecule has 37 heavy (non-hydrogen) atoms. The van der Waals surface area contributed by atoms with Crippen molar-refractivity contribution in [1.29, 1.82) is 10.8 Å². The van der Waals surface area contributed by atoms with Crippen molar-refractivity contribution in [3.8, 4) is 0 Å². The van der Waals surface area contributed by atoms with E-state index >= 15 is 0 Å². The van der Waals surface area contributed by atoms with E-state index in [0.717, 1.165) is 24.2 Å². The van der Waals surface area contributed by atoms with Crippen molar-refractivity contribution < 1.29 is 9.59 Å². The van der Waals surface area contributed by atoms with Gasteiger partial charge in [0.2, 0.25) is 0 Å². The highest BCUT2D eigenvalue weighted by Crippen LogP contribution is 2.19. The molecule has 2 aromatic carbocycles. The van der Waals surface area contributed by atoms with Crippen LogP contribution in [-0.2, 0) is 6.54 Å². The highest BCUT2D eigenvalue weighted by atomic mass is 16.2. The molecule has 0 bridgehead atoms. The van der Waals surface area contributed by atoms with Gasteiger partial charge >= 0.3 is 0 Å². The number of nitrogens with two attached hydrogens (primary N) is 3. The molecule has 0 aromatic heterocycles. The zero-order valence-electron chi connectivity index (χ0n) is 21.2. The van der Waals surface area contributed by atoms with Gasteiger partial charge < -0.3 is 31.9 Å². The standard InChI is InChI=1S/C26H35N9O2/c1-17-12-19(2-3-22(17)23(28)29)24(36)33-8-10-34(11-9-33)25(37)20-13-18(14-21(27)15-20)16-32-4-6-35(7-5-32)26(30)31/h2-3,12-15H,4-11,16,27H2,1H3,(H3,28,29)(H3,30,31). The minimum atomic E-state index is -0.0959. The summed E-state index contributed by atoms with van der Waals surface area (Å²) >= 11 is 0. The smallest absolute Gasteiger partial charge is 0.254 e. The minimum Gasteiger partial charge on any atom is -0.399 e. The number of benzene rings is 2. The average molecular weight is 506 g/mol. The molecule has 0 aliphatic carbocycles. The number of hydrogen-bond acceptors (Lipinski definition) is 6. The number of amides is 2. The summed E-state index contributed by atoms with van der Waals surface area (Å²) in [5, 5.41) is 15.2. The van der Waals surface area contributed by atoms with Gasteiger partial charge in [-0.25, -0.2) is 0 Å². The molecule has 2 fully saturated rings. The van der Waals surface area contributed by atoms with Crippen LogP contribution in [0.25, 0.3) is 0 Å². The van der Waals surface area contributed by atoms with Crippen molar-refractivity contribution in [2.24, 2.45) is 11.5 Å². The summed E-state index contributed by atoms with van der Waals surface area (Å²) < 4.78 is 0. The second-order valence-corrected chi connectivity index (χ2v) is 9.64. The molecule has 11 nitrogen and oxygen atoms in total. The molecule has 196 valence electrons. The summed E-state index contributed by atoms with van der Waals surface area (Å²) in [6.45, 7) is 7.21. The maximum absolute atomic E-state index is 13.3. The van der Waals surface area contributed by atoms with Crippen LogP contribution in [0, 0.1) is 17.7 Å². The van der Waals surface area contributed by atoms with E-state index < -0.39 is 0 Å². The molecule has 0 atom stereocenters. The maximum atomic E-state index is 13.3. The Morgan fingerprint density at radius 3 is 1.89 bits per heavy atom. The summed E-state index contributed by atoms with van der Waals surface area (Å²) in [4.78, 5) is 33.9. The van der Waals surface area contributed by atoms with Crippen LogP contribution in [0.5, 0.6) is 0 Å². The van der Waals surface area contributed by atoms with E-state index in [4.69, 9.17) is 28.0 Å². The van der Waals surface area contributed by atoms with E-state index in [1.807, 2.05) is 24.0 Å². The van der Waals surface area contributed by atoms with E-state index in [1.165, 1.54) is 0 Å². The van der Waals surface area contributed by atoms with Crippen LogP contribution in [-0.4, -0.2) is 95.6 Å². The molecule has 4 rings (SSSR count). The SMILES string of the molecule is Cc1cc(C(=O)N2CCN(C(=O)c3cc(N)cc(CN4CCN(C(=N)N)CC4)c3)CC2)ccc1C(=N)N. The Morgan fingerprint density at radius 2 is 1.35 bits per heavy atom. The van der Waals surface area contributed by atoms with Gasteiger partial charge in [-0.15, -0.1) is 0 Å². The Balaban J connectivity index is 1.36. The molecule has 8 N–H and O–H groups in total. The lowest BCUT2D eigenvalue weighted by Gasteiger charge is -2.35. The average Bonchev–Trinajstić information content (AvgIpc) is 2.87. The molecule has 2 aliphatic heterocycles. The lowest BCUT2D eigenvalue weighted by Crippen LogP contribution is -2.50. The monoisotopic (exact) mass is 505 g/mol. The van der Waals surface area contributed by atoms with Gasteiger partial charge in [0.15, 0.2) is 5.96 Å². The summed E-state index contributed by atoms with van der Waals surface area (Å²) in [7, 11) is 0. The number of guanidine groups is 1. The topological polar surface area (TPSA) is 173 Å². The number of nitrogens with one attached hydrogen (secondary N) is 2. The van der Waals surface area contributed by atoms with Gasteiger partial charge in [-0.2, -0.15) is 0 Å². The molecule has 11 heteroatoms. The number of piperazine rings is 2. The molecule has 0 radical (unpaired) electrons. The highest BCUT2D eigenvalue weighted by molar-refractivity contribution is 6.00. The van der Waals surface area contributed by atoms with Crippen LogP contribution in [0.2, 0.25) is 0 Å². The lowest BCUT2D eigenvalue weighted by atomic mass is 10.0. The third-order valence-corrected chi connectivity index (χ3v) is 7.00. The Kier molecular flexibility index (Phi) is 7.63. The number of aryl methyl sites for hydroxylation is 1. The summed E-state index contributed by atoms with van der Waals surface area (Å²) in [5.41, 5.74) is 21.3. The quantitative estimate of drug-likeness (QED) is 0.223. The molecule has 2 aromatic rings. The molecule has 2 heterocycles. The van der Waals surface area contributed by atoms with Gasteiger partial charge in [0.05, 0.1) is 0 Å². The molecule has 2 amide bonds. The molecule has 0 unspecified atom stereocenters. The first-order valence-electron chi connectivity index (χ1n) is 12.4. The zero-order valence-corrected chi connectivity index (χ0v) is 21.2. The van der Waals surface area contributed by atoms with Gasteiger partial charge in [-0.1, -0.05) is 6.07 Å². The lowest BCUT2D eigenvalue weighted by molar-refractivity contribution is 0.0535. The Labute approximate surface area is 216 Å². The van der Waals surface area contributed by atoms with E-state index in [0.29, 0.717) is 68.2 Å². The molecule has 0 saturated carbocycles. The number of nitrogens with zero attached hydrogens (tertiary/aromatic N) is 4. The summed E-state index contributed by atoms with van der Waals surface area (Å²) in [5.74, 6) is -0.117. The first kappa shape index (κ1) is 26.0. The highest BCUT2D eigenvalue weighted by Gasteiger charge is 2.26. The van der Waals surface area contributed by atoms with Crippen LogP contribution in [0.3, 0.4) is 0 Å². The van der Waals surface area contributed by atoms with Crippen LogP contribution < -0.4 is 17.2 Å². The van der Waals surface area contributed by atoms with Crippen molar-refractivity contribution >= 4 is 29.3 Å². The predicted molar refractivity (Wildman–Crippen MR) is 144 cm³/mol. The zero-order chi connectivity index (χ0) is 26.7. The molecule has 2 saturated heterocycles. The maximum Gasteiger partial charge on any atom is 0.254 e. The van der Waals surface area contributed by atoms with Crippen LogP contribution in [0.1, 0.15) is 37.4 Å². The second-order valence-electron chi connectivity index (χ2n) is 9.64. The Bertz CT molecular complexity index is 1210. The third-order valence-electron chi connectivity index (χ3n) is 7.00. The van der Waals surface area contributed by atoms with E-state index in [1.54, 1.807) is 34.1 Å². The Morgan fingerprint density at radius 1 is 0.784 bits per heavy atom. The first-order valence-corrected chi connectivity index (χ1v) is 12.4.